The van der Waals surface area contributed by atoms with Crippen LogP contribution < -0.4 is 11.2 Å². The summed E-state index contributed by atoms with van der Waals surface area (Å²) in [5.41, 5.74) is 1.23. The summed E-state index contributed by atoms with van der Waals surface area (Å²) < 4.78 is 1.12. The van der Waals surface area contributed by atoms with Gasteiger partial charge >= 0.3 is 5.69 Å². The second-order valence-corrected chi connectivity index (χ2v) is 4.42. The Balaban J connectivity index is 2.34. The van der Waals surface area contributed by atoms with Crippen molar-refractivity contribution in [1.82, 2.24) is 9.55 Å². The molecule has 0 aliphatic carbocycles. The van der Waals surface area contributed by atoms with Crippen molar-refractivity contribution in [3.63, 3.8) is 0 Å². The number of H-pyrrole nitrogens is 1. The van der Waals surface area contributed by atoms with Gasteiger partial charge in [0.1, 0.15) is 5.15 Å². The number of hydrogen-bond acceptors (Lipinski definition) is 2. The molecule has 0 bridgehead atoms. The van der Waals surface area contributed by atoms with Crippen LogP contribution in [-0.4, -0.2) is 9.55 Å². The summed E-state index contributed by atoms with van der Waals surface area (Å²) in [6, 6.07) is 9.01. The van der Waals surface area contributed by atoms with Crippen molar-refractivity contribution in [2.45, 2.75) is 19.9 Å². The number of aromatic amines is 1. The Bertz CT molecular complexity index is 625. The van der Waals surface area contributed by atoms with Crippen molar-refractivity contribution in [3.8, 4) is 0 Å². The van der Waals surface area contributed by atoms with Crippen molar-refractivity contribution in [2.24, 2.45) is 0 Å². The van der Waals surface area contributed by atoms with Crippen LogP contribution in [0.15, 0.2) is 39.9 Å². The molecular formula is C13H13ClN2O2. The molecule has 1 aromatic carbocycles. The number of aromatic nitrogens is 2. The molecule has 0 aliphatic rings. The summed E-state index contributed by atoms with van der Waals surface area (Å²) in [6.45, 7) is 2.32. The Hall–Kier alpha value is -1.81. The first kappa shape index (κ1) is 12.6. The third-order valence-corrected chi connectivity index (χ3v) is 2.96. The second-order valence-electron chi connectivity index (χ2n) is 4.02. The number of aryl methyl sites for hydroxylation is 1. The van der Waals surface area contributed by atoms with Crippen LogP contribution in [0.4, 0.5) is 0 Å². The lowest BCUT2D eigenvalue weighted by molar-refractivity contribution is 0.699. The van der Waals surface area contributed by atoms with Crippen LogP contribution in [0.25, 0.3) is 0 Å². The van der Waals surface area contributed by atoms with E-state index in [1.54, 1.807) is 0 Å². The standard InChI is InChI=1S/C13H13ClN2O2/c1-2-9-3-5-10(6-4-9)8-16-12(17)7-11(14)15-13(16)18/h3-7H,2,8H2,1H3,(H,15,18). The average molecular weight is 265 g/mol. The SMILES string of the molecule is CCc1ccc(Cn2c(=O)cc(Cl)[nH]c2=O)cc1. The fourth-order valence-electron chi connectivity index (χ4n) is 1.70. The average Bonchev–Trinajstić information content (AvgIpc) is 2.34. The number of rotatable bonds is 3. The quantitative estimate of drug-likeness (QED) is 0.860. The molecule has 2 aromatic rings. The maximum atomic E-state index is 11.6. The number of nitrogens with one attached hydrogen (secondary N) is 1. The van der Waals surface area contributed by atoms with Gasteiger partial charge in [-0.05, 0) is 17.5 Å². The molecule has 4 nitrogen and oxygen atoms in total. The second kappa shape index (κ2) is 5.23. The zero-order valence-corrected chi connectivity index (χ0v) is 10.7. The number of nitrogens with zero attached hydrogens (tertiary/aromatic N) is 1. The molecule has 2 rings (SSSR count). The highest BCUT2D eigenvalue weighted by Crippen LogP contribution is 2.05. The molecule has 0 aliphatic heterocycles. The molecule has 0 radical (unpaired) electrons. The smallest absolute Gasteiger partial charge is 0.298 e. The molecular weight excluding hydrogens is 252 g/mol. The van der Waals surface area contributed by atoms with Gasteiger partial charge in [0.2, 0.25) is 0 Å². The third-order valence-electron chi connectivity index (χ3n) is 2.76. The number of hydrogen-bond donors (Lipinski definition) is 1. The highest BCUT2D eigenvalue weighted by Gasteiger charge is 2.04. The van der Waals surface area contributed by atoms with Gasteiger partial charge in [0.15, 0.2) is 0 Å². The minimum absolute atomic E-state index is 0.0579. The van der Waals surface area contributed by atoms with Gasteiger partial charge in [0.05, 0.1) is 6.54 Å². The molecule has 0 saturated heterocycles. The molecule has 94 valence electrons. The van der Waals surface area contributed by atoms with Crippen molar-refractivity contribution in [3.05, 3.63) is 67.4 Å². The Morgan fingerprint density at radius 3 is 2.33 bits per heavy atom. The molecule has 1 N–H and O–H groups in total. The normalized spacial score (nSPS) is 10.6. The Kier molecular flexibility index (Phi) is 3.67. The van der Waals surface area contributed by atoms with E-state index in [-0.39, 0.29) is 11.7 Å². The molecule has 0 unspecified atom stereocenters. The van der Waals surface area contributed by atoms with E-state index in [9.17, 15) is 9.59 Å². The molecule has 0 spiro atoms. The minimum Gasteiger partial charge on any atom is -0.298 e. The lowest BCUT2D eigenvalue weighted by Crippen LogP contribution is -2.34. The van der Waals surface area contributed by atoms with Crippen molar-refractivity contribution in [1.29, 1.82) is 0 Å². The predicted octanol–water partition coefficient (Wildman–Crippen LogP) is 1.80. The van der Waals surface area contributed by atoms with E-state index in [1.165, 1.54) is 11.6 Å². The maximum absolute atomic E-state index is 11.6. The monoisotopic (exact) mass is 264 g/mol. The fourth-order valence-corrected chi connectivity index (χ4v) is 1.88. The van der Waals surface area contributed by atoms with E-state index in [4.69, 9.17) is 11.6 Å². The Morgan fingerprint density at radius 1 is 1.17 bits per heavy atom. The summed E-state index contributed by atoms with van der Waals surface area (Å²) in [7, 11) is 0. The molecule has 0 fully saturated rings. The van der Waals surface area contributed by atoms with Gasteiger partial charge < -0.3 is 0 Å². The van der Waals surface area contributed by atoms with Crippen LogP contribution in [0.5, 0.6) is 0 Å². The summed E-state index contributed by atoms with van der Waals surface area (Å²) in [4.78, 5) is 25.7. The minimum atomic E-state index is -0.493. The molecule has 5 heteroatoms. The van der Waals surface area contributed by atoms with Gasteiger partial charge in [-0.25, -0.2) is 4.79 Å². The van der Waals surface area contributed by atoms with Crippen LogP contribution >= 0.6 is 11.6 Å². The first-order valence-corrected chi connectivity index (χ1v) is 6.05. The zero-order valence-electron chi connectivity index (χ0n) is 9.94. The summed E-state index contributed by atoms with van der Waals surface area (Å²) in [5.74, 6) is 0. The van der Waals surface area contributed by atoms with Crippen LogP contribution in [0.1, 0.15) is 18.1 Å². The highest BCUT2D eigenvalue weighted by molar-refractivity contribution is 6.29. The highest BCUT2D eigenvalue weighted by atomic mass is 35.5. The molecule has 1 aromatic heterocycles. The first-order valence-electron chi connectivity index (χ1n) is 5.67. The van der Waals surface area contributed by atoms with E-state index >= 15 is 0 Å². The third kappa shape index (κ3) is 2.71. The molecule has 18 heavy (non-hydrogen) atoms. The topological polar surface area (TPSA) is 54.9 Å². The van der Waals surface area contributed by atoms with Crippen molar-refractivity contribution >= 4 is 11.6 Å². The van der Waals surface area contributed by atoms with E-state index in [1.807, 2.05) is 24.3 Å². The number of benzene rings is 1. The van der Waals surface area contributed by atoms with E-state index < -0.39 is 11.2 Å². The Labute approximate surface area is 109 Å². The number of halogens is 1. The van der Waals surface area contributed by atoms with Gasteiger partial charge in [-0.15, -0.1) is 0 Å². The Morgan fingerprint density at radius 2 is 1.78 bits per heavy atom. The van der Waals surface area contributed by atoms with E-state index in [2.05, 4.69) is 11.9 Å². The predicted molar refractivity (Wildman–Crippen MR) is 71.3 cm³/mol. The van der Waals surface area contributed by atoms with Gasteiger partial charge in [0.25, 0.3) is 5.56 Å². The van der Waals surface area contributed by atoms with Crippen LogP contribution in [0.2, 0.25) is 5.15 Å². The largest absolute Gasteiger partial charge is 0.329 e. The summed E-state index contributed by atoms with van der Waals surface area (Å²) in [6.07, 6.45) is 0.960. The maximum Gasteiger partial charge on any atom is 0.329 e. The van der Waals surface area contributed by atoms with Crippen molar-refractivity contribution in [2.75, 3.05) is 0 Å². The van der Waals surface area contributed by atoms with Crippen LogP contribution in [-0.2, 0) is 13.0 Å². The summed E-state index contributed by atoms with van der Waals surface area (Å²) >= 11 is 5.60. The van der Waals surface area contributed by atoms with E-state index in [0.717, 1.165) is 16.6 Å². The fraction of sp³-hybridized carbons (Fsp3) is 0.231. The molecule has 0 amide bonds. The van der Waals surface area contributed by atoms with Gasteiger partial charge in [0, 0.05) is 6.07 Å². The van der Waals surface area contributed by atoms with Crippen LogP contribution in [0.3, 0.4) is 0 Å². The van der Waals surface area contributed by atoms with Gasteiger partial charge in [-0.2, -0.15) is 0 Å². The van der Waals surface area contributed by atoms with Gasteiger partial charge in [-0.1, -0.05) is 42.8 Å². The summed E-state index contributed by atoms with van der Waals surface area (Å²) in [5, 5.41) is 0.0579. The zero-order chi connectivity index (χ0) is 13.1. The molecule has 0 saturated carbocycles. The molecule has 1 heterocycles. The lowest BCUT2D eigenvalue weighted by atomic mass is 10.1. The van der Waals surface area contributed by atoms with Gasteiger partial charge in [-0.3, -0.25) is 14.3 Å². The lowest BCUT2D eigenvalue weighted by Gasteiger charge is -2.05. The molecule has 0 atom stereocenters. The van der Waals surface area contributed by atoms with Crippen LogP contribution in [0, 0.1) is 0 Å². The first-order chi connectivity index (χ1) is 8.60. The van der Waals surface area contributed by atoms with Crippen molar-refractivity contribution < 1.29 is 0 Å². The van der Waals surface area contributed by atoms with E-state index in [0.29, 0.717) is 0 Å².